The Hall–Kier alpha value is -1.33. The molecule has 4 bridgehead atoms. The minimum absolute atomic E-state index is 0.137. The number of aliphatic imine (C=N–C) groups is 1. The van der Waals surface area contributed by atoms with Crippen LogP contribution in [-0.2, 0) is 10.0 Å². The Morgan fingerprint density at radius 1 is 1.07 bits per heavy atom. The van der Waals surface area contributed by atoms with Gasteiger partial charge in [0.15, 0.2) is 0 Å². The van der Waals surface area contributed by atoms with Crippen LogP contribution in [0.2, 0.25) is 5.02 Å². The first-order chi connectivity index (χ1) is 13.3. The molecule has 1 aromatic rings. The topological polar surface area (TPSA) is 58.5 Å². The molecule has 6 rings (SSSR count). The van der Waals surface area contributed by atoms with E-state index in [-0.39, 0.29) is 11.5 Å². The molecular formula is C22H27ClN2O2S. The van der Waals surface area contributed by atoms with Crippen molar-refractivity contribution in [3.05, 3.63) is 40.4 Å². The molecule has 0 unspecified atom stereocenters. The van der Waals surface area contributed by atoms with E-state index in [1.165, 1.54) is 38.5 Å². The van der Waals surface area contributed by atoms with E-state index in [1.54, 1.807) is 24.3 Å². The zero-order valence-corrected chi connectivity index (χ0v) is 18.0. The quantitative estimate of drug-likeness (QED) is 0.750. The lowest BCUT2D eigenvalue weighted by Crippen LogP contribution is -2.50. The Bertz CT molecular complexity index is 943. The molecule has 1 aromatic carbocycles. The lowest BCUT2D eigenvalue weighted by Gasteiger charge is -2.58. The highest BCUT2D eigenvalue weighted by atomic mass is 35.5. The first-order valence-corrected chi connectivity index (χ1v) is 12.2. The zero-order valence-electron chi connectivity index (χ0n) is 16.4. The van der Waals surface area contributed by atoms with Crippen molar-refractivity contribution in [3.63, 3.8) is 0 Å². The fourth-order valence-electron chi connectivity index (χ4n) is 6.68. The van der Waals surface area contributed by atoms with Gasteiger partial charge in [0.1, 0.15) is 10.7 Å². The van der Waals surface area contributed by atoms with Crippen molar-refractivity contribution in [2.24, 2.45) is 28.2 Å². The van der Waals surface area contributed by atoms with Crippen LogP contribution in [0.5, 0.6) is 0 Å². The maximum Gasteiger partial charge on any atom is 0.264 e. The fourth-order valence-corrected chi connectivity index (χ4v) is 8.31. The standard InChI is InChI=1S/C22H27ClN2O2S/c1-13-20(18-3-5-19(23)6-4-18)28(26,27)25-21(13)24-14(2)22-10-15-7-16(11-22)9-17(8-15)12-22/h3-6,14-17H,7-12H2,1-2H3,(H,24,25)/t14-,15?,16?,17?,22?/m0/s1. The largest absolute Gasteiger partial charge is 0.264 e. The summed E-state index contributed by atoms with van der Waals surface area (Å²) >= 11 is 5.97. The number of amidine groups is 1. The van der Waals surface area contributed by atoms with E-state index >= 15 is 0 Å². The molecule has 150 valence electrons. The summed E-state index contributed by atoms with van der Waals surface area (Å²) in [6.07, 6.45) is 7.97. The Morgan fingerprint density at radius 2 is 1.61 bits per heavy atom. The highest BCUT2D eigenvalue weighted by Gasteiger charge is 2.53. The number of nitrogens with one attached hydrogen (secondary N) is 1. The van der Waals surface area contributed by atoms with E-state index in [1.807, 2.05) is 6.92 Å². The molecule has 5 aliphatic rings. The molecule has 0 spiro atoms. The highest BCUT2D eigenvalue weighted by Crippen LogP contribution is 2.61. The second-order valence-corrected chi connectivity index (χ2v) is 11.6. The molecule has 28 heavy (non-hydrogen) atoms. The molecule has 6 heteroatoms. The van der Waals surface area contributed by atoms with Gasteiger partial charge in [0.2, 0.25) is 0 Å². The van der Waals surface area contributed by atoms with E-state index < -0.39 is 10.0 Å². The molecule has 4 aliphatic carbocycles. The van der Waals surface area contributed by atoms with Crippen LogP contribution < -0.4 is 4.72 Å². The molecule has 0 amide bonds. The monoisotopic (exact) mass is 418 g/mol. The van der Waals surface area contributed by atoms with Crippen molar-refractivity contribution in [1.82, 2.24) is 4.72 Å². The van der Waals surface area contributed by atoms with Crippen LogP contribution in [-0.4, -0.2) is 20.3 Å². The summed E-state index contributed by atoms with van der Waals surface area (Å²) in [5.41, 5.74) is 1.62. The summed E-state index contributed by atoms with van der Waals surface area (Å²) in [6.45, 7) is 4.05. The van der Waals surface area contributed by atoms with Gasteiger partial charge < -0.3 is 0 Å². The van der Waals surface area contributed by atoms with Gasteiger partial charge in [0.25, 0.3) is 10.0 Å². The fraction of sp³-hybridized carbons (Fsp3) is 0.591. The number of sulfonamides is 1. The van der Waals surface area contributed by atoms with Crippen molar-refractivity contribution >= 4 is 32.4 Å². The van der Waals surface area contributed by atoms with Gasteiger partial charge in [-0.15, -0.1) is 0 Å². The van der Waals surface area contributed by atoms with Gasteiger partial charge in [-0.25, -0.2) is 8.42 Å². The van der Waals surface area contributed by atoms with Gasteiger partial charge in [0.05, 0.1) is 6.04 Å². The minimum Gasteiger partial charge on any atom is -0.264 e. The van der Waals surface area contributed by atoms with E-state index in [2.05, 4.69) is 11.6 Å². The van der Waals surface area contributed by atoms with E-state index in [0.717, 1.165) is 17.8 Å². The second kappa shape index (κ2) is 6.33. The van der Waals surface area contributed by atoms with Gasteiger partial charge in [-0.2, -0.15) is 0 Å². The smallest absolute Gasteiger partial charge is 0.264 e. The zero-order chi connectivity index (χ0) is 19.7. The molecule has 4 fully saturated rings. The summed E-state index contributed by atoms with van der Waals surface area (Å²) in [5.74, 6) is 3.09. The molecule has 4 saturated carbocycles. The number of benzene rings is 1. The lowest BCUT2D eigenvalue weighted by molar-refractivity contribution is -0.0633. The third-order valence-electron chi connectivity index (χ3n) is 7.60. The molecule has 1 heterocycles. The normalized spacial score (nSPS) is 38.1. The summed E-state index contributed by atoms with van der Waals surface area (Å²) in [7, 11) is -3.60. The Kier molecular flexibility index (Phi) is 4.23. The SMILES string of the molecule is CC1=C(c2ccc(Cl)cc2)S(=O)(=O)NC1=N[C@@H](C)C12CC3CC(CC(C3)C1)C2. The number of hydrogen-bond donors (Lipinski definition) is 1. The van der Waals surface area contributed by atoms with Gasteiger partial charge >= 0.3 is 0 Å². The molecule has 0 aromatic heterocycles. The van der Waals surface area contributed by atoms with Gasteiger partial charge in [0, 0.05) is 10.6 Å². The maximum absolute atomic E-state index is 12.8. The van der Waals surface area contributed by atoms with Crippen LogP contribution in [0.25, 0.3) is 4.91 Å². The van der Waals surface area contributed by atoms with Gasteiger partial charge in [-0.3, -0.25) is 9.71 Å². The summed E-state index contributed by atoms with van der Waals surface area (Å²) in [4.78, 5) is 5.30. The summed E-state index contributed by atoms with van der Waals surface area (Å²) in [5, 5.41) is 0.592. The van der Waals surface area contributed by atoms with Crippen LogP contribution in [0.1, 0.15) is 57.9 Å². The van der Waals surface area contributed by atoms with Crippen LogP contribution in [0.4, 0.5) is 0 Å². The number of nitrogens with zero attached hydrogens (tertiary/aromatic N) is 1. The van der Waals surface area contributed by atoms with E-state index in [9.17, 15) is 8.42 Å². The average Bonchev–Trinajstić information content (AvgIpc) is 2.83. The predicted octanol–water partition coefficient (Wildman–Crippen LogP) is 5.01. The maximum atomic E-state index is 12.8. The van der Waals surface area contributed by atoms with Crippen molar-refractivity contribution < 1.29 is 8.42 Å². The number of halogens is 1. The third kappa shape index (κ3) is 2.93. The first kappa shape index (κ1) is 18.7. The van der Waals surface area contributed by atoms with Crippen molar-refractivity contribution in [3.8, 4) is 0 Å². The van der Waals surface area contributed by atoms with Crippen molar-refractivity contribution in [1.29, 1.82) is 0 Å². The molecule has 1 atom stereocenters. The van der Waals surface area contributed by atoms with Crippen molar-refractivity contribution in [2.75, 3.05) is 0 Å². The van der Waals surface area contributed by atoms with Gasteiger partial charge in [-0.05, 0) is 93.2 Å². The van der Waals surface area contributed by atoms with Crippen LogP contribution in [0.15, 0.2) is 34.8 Å². The minimum atomic E-state index is -3.60. The first-order valence-electron chi connectivity index (χ1n) is 10.3. The van der Waals surface area contributed by atoms with E-state index in [0.29, 0.717) is 26.9 Å². The molecule has 1 N–H and O–H groups in total. The van der Waals surface area contributed by atoms with Crippen LogP contribution >= 0.6 is 11.6 Å². The molecule has 0 saturated heterocycles. The summed E-state index contributed by atoms with van der Waals surface area (Å²) < 4.78 is 28.4. The third-order valence-corrected chi connectivity index (χ3v) is 9.39. The van der Waals surface area contributed by atoms with Crippen molar-refractivity contribution in [2.45, 2.75) is 58.4 Å². The van der Waals surface area contributed by atoms with Gasteiger partial charge in [-0.1, -0.05) is 23.7 Å². The molecular weight excluding hydrogens is 392 g/mol. The lowest BCUT2D eigenvalue weighted by atomic mass is 9.48. The molecule has 1 aliphatic heterocycles. The average molecular weight is 419 g/mol. The summed E-state index contributed by atoms with van der Waals surface area (Å²) in [6, 6.07) is 7.09. The van der Waals surface area contributed by atoms with Crippen LogP contribution in [0.3, 0.4) is 0 Å². The Labute approximate surface area is 172 Å². The Balaban J connectivity index is 1.49. The predicted molar refractivity (Wildman–Crippen MR) is 114 cm³/mol. The van der Waals surface area contributed by atoms with E-state index in [4.69, 9.17) is 16.6 Å². The second-order valence-electron chi connectivity index (χ2n) is 9.50. The number of rotatable bonds is 3. The molecule has 4 nitrogen and oxygen atoms in total. The Morgan fingerprint density at radius 3 is 2.14 bits per heavy atom. The highest BCUT2D eigenvalue weighted by molar-refractivity contribution is 8.00. The molecule has 0 radical (unpaired) electrons. The number of hydrogen-bond acceptors (Lipinski definition) is 3. The van der Waals surface area contributed by atoms with Crippen LogP contribution in [0, 0.1) is 23.2 Å².